The quantitative estimate of drug-likeness (QED) is 0.763. The van der Waals surface area contributed by atoms with Gasteiger partial charge in [0.1, 0.15) is 6.54 Å². The molecule has 6 heteroatoms. The third-order valence-electron chi connectivity index (χ3n) is 5.64. The van der Waals surface area contributed by atoms with Crippen LogP contribution in [0, 0.1) is 0 Å². The first-order chi connectivity index (χ1) is 12.1. The van der Waals surface area contributed by atoms with Crippen LogP contribution in [-0.2, 0) is 27.3 Å². The zero-order chi connectivity index (χ0) is 17.4. The van der Waals surface area contributed by atoms with E-state index in [1.54, 1.807) is 0 Å². The fraction of sp³-hybridized carbons (Fsp3) is 0.526. The predicted octanol–water partition coefficient (Wildman–Crippen LogP) is 0.795. The number of nitrogens with zero attached hydrogens (tertiary/aromatic N) is 3. The maximum Gasteiger partial charge on any atom is 0.242 e. The molecule has 0 saturated carbocycles. The van der Waals surface area contributed by atoms with E-state index in [0.29, 0.717) is 19.1 Å². The minimum atomic E-state index is -0.221. The Bertz CT molecular complexity index is 702. The van der Waals surface area contributed by atoms with Crippen molar-refractivity contribution in [1.29, 1.82) is 0 Å². The van der Waals surface area contributed by atoms with Crippen LogP contribution in [0.3, 0.4) is 0 Å². The molecule has 132 valence electrons. The Labute approximate surface area is 147 Å². The smallest absolute Gasteiger partial charge is 0.242 e. The summed E-state index contributed by atoms with van der Waals surface area (Å²) in [6.07, 6.45) is 2.48. The van der Waals surface area contributed by atoms with Gasteiger partial charge in [-0.25, -0.2) is 0 Å². The Morgan fingerprint density at radius 3 is 2.48 bits per heavy atom. The fourth-order valence-corrected chi connectivity index (χ4v) is 4.13. The van der Waals surface area contributed by atoms with Crippen LogP contribution in [0.1, 0.15) is 30.4 Å². The van der Waals surface area contributed by atoms with E-state index in [4.69, 9.17) is 0 Å². The lowest BCUT2D eigenvalue weighted by molar-refractivity contribution is -0.145. The zero-order valence-electron chi connectivity index (χ0n) is 14.3. The molecule has 6 nitrogen and oxygen atoms in total. The van der Waals surface area contributed by atoms with Crippen LogP contribution in [0.2, 0.25) is 0 Å². The molecule has 0 aliphatic carbocycles. The van der Waals surface area contributed by atoms with Crippen molar-refractivity contribution in [2.45, 2.75) is 38.3 Å². The summed E-state index contributed by atoms with van der Waals surface area (Å²) in [4.78, 5) is 41.2. The normalized spacial score (nSPS) is 24.1. The number of hydrogen-bond donors (Lipinski definition) is 0. The summed E-state index contributed by atoms with van der Waals surface area (Å²) in [5.74, 6) is -0.549. The predicted molar refractivity (Wildman–Crippen MR) is 91.5 cm³/mol. The number of amides is 3. The molecule has 0 N–H and O–H groups in total. The summed E-state index contributed by atoms with van der Waals surface area (Å²) >= 11 is 0. The number of benzene rings is 1. The summed E-state index contributed by atoms with van der Waals surface area (Å²) < 4.78 is 0. The van der Waals surface area contributed by atoms with Gasteiger partial charge < -0.3 is 4.90 Å². The van der Waals surface area contributed by atoms with E-state index in [1.165, 1.54) is 11.1 Å². The van der Waals surface area contributed by atoms with Crippen molar-refractivity contribution in [2.24, 2.45) is 0 Å². The van der Waals surface area contributed by atoms with E-state index in [2.05, 4.69) is 29.2 Å². The number of carbonyl (C=O) groups excluding carboxylic acids is 3. The standard InChI is InChI=1S/C19H23N3O3/c23-17-5-6-18(24)22(17)13-19(25)21-10-8-16(12-21)20-9-7-14-3-1-2-4-15(14)11-20/h1-4,16H,5-13H2. The average molecular weight is 341 g/mol. The van der Waals surface area contributed by atoms with Crippen molar-refractivity contribution in [1.82, 2.24) is 14.7 Å². The van der Waals surface area contributed by atoms with Gasteiger partial charge >= 0.3 is 0 Å². The number of likely N-dealkylation sites (tertiary alicyclic amines) is 2. The summed E-state index contributed by atoms with van der Waals surface area (Å²) in [7, 11) is 0. The Morgan fingerprint density at radius 1 is 1.00 bits per heavy atom. The van der Waals surface area contributed by atoms with Crippen molar-refractivity contribution in [2.75, 3.05) is 26.2 Å². The molecular weight excluding hydrogens is 318 g/mol. The first-order valence-electron chi connectivity index (χ1n) is 9.03. The van der Waals surface area contributed by atoms with Crippen LogP contribution in [0.4, 0.5) is 0 Å². The van der Waals surface area contributed by atoms with E-state index in [0.717, 1.165) is 30.8 Å². The number of fused-ring (bicyclic) bond motifs is 1. The molecule has 3 heterocycles. The molecule has 3 aliphatic rings. The maximum atomic E-state index is 12.5. The highest BCUT2D eigenvalue weighted by molar-refractivity contribution is 6.04. The zero-order valence-corrected chi connectivity index (χ0v) is 14.3. The Kier molecular flexibility index (Phi) is 4.29. The molecule has 0 bridgehead atoms. The van der Waals surface area contributed by atoms with Crippen LogP contribution < -0.4 is 0 Å². The topological polar surface area (TPSA) is 60.9 Å². The van der Waals surface area contributed by atoms with Crippen LogP contribution in [0.25, 0.3) is 0 Å². The van der Waals surface area contributed by atoms with E-state index in [1.807, 2.05) is 4.90 Å². The maximum absolute atomic E-state index is 12.5. The Morgan fingerprint density at radius 2 is 1.72 bits per heavy atom. The van der Waals surface area contributed by atoms with Crippen molar-refractivity contribution in [3.8, 4) is 0 Å². The van der Waals surface area contributed by atoms with Gasteiger partial charge in [-0.2, -0.15) is 0 Å². The van der Waals surface area contributed by atoms with Gasteiger partial charge in [-0.05, 0) is 24.0 Å². The van der Waals surface area contributed by atoms with E-state index in [-0.39, 0.29) is 37.1 Å². The highest BCUT2D eigenvalue weighted by Crippen LogP contribution is 2.24. The molecule has 1 aromatic carbocycles. The first-order valence-corrected chi connectivity index (χ1v) is 9.03. The third-order valence-corrected chi connectivity index (χ3v) is 5.64. The second kappa shape index (κ2) is 6.59. The van der Waals surface area contributed by atoms with Crippen LogP contribution in [0.5, 0.6) is 0 Å². The molecule has 25 heavy (non-hydrogen) atoms. The number of rotatable bonds is 3. The van der Waals surface area contributed by atoms with E-state index in [9.17, 15) is 14.4 Å². The minimum absolute atomic E-state index is 0.0901. The van der Waals surface area contributed by atoms with E-state index >= 15 is 0 Å². The number of carbonyl (C=O) groups is 3. The molecule has 0 radical (unpaired) electrons. The lowest BCUT2D eigenvalue weighted by atomic mass is 9.98. The SMILES string of the molecule is O=C(CN1C(=O)CCC1=O)N1CCC(N2CCc3ccccc3C2)C1. The molecule has 4 rings (SSSR count). The highest BCUT2D eigenvalue weighted by atomic mass is 16.2. The molecule has 1 unspecified atom stereocenters. The van der Waals surface area contributed by atoms with Crippen LogP contribution >= 0.6 is 0 Å². The van der Waals surface area contributed by atoms with Gasteiger partial charge in [-0.15, -0.1) is 0 Å². The van der Waals surface area contributed by atoms with Gasteiger partial charge in [0.15, 0.2) is 0 Å². The van der Waals surface area contributed by atoms with Crippen LogP contribution in [0.15, 0.2) is 24.3 Å². The second-order valence-corrected chi connectivity index (χ2v) is 7.15. The van der Waals surface area contributed by atoms with Gasteiger partial charge in [0, 0.05) is 45.1 Å². The number of hydrogen-bond acceptors (Lipinski definition) is 4. The highest BCUT2D eigenvalue weighted by Gasteiger charge is 2.35. The fourth-order valence-electron chi connectivity index (χ4n) is 4.13. The Hall–Kier alpha value is -2.21. The van der Waals surface area contributed by atoms with Crippen molar-refractivity contribution >= 4 is 17.7 Å². The third kappa shape index (κ3) is 3.18. The number of imide groups is 1. The molecule has 1 aromatic rings. The first kappa shape index (κ1) is 16.3. The molecule has 0 spiro atoms. The van der Waals surface area contributed by atoms with Crippen LogP contribution in [-0.4, -0.2) is 64.6 Å². The molecular formula is C19H23N3O3. The average Bonchev–Trinajstić information content (AvgIpc) is 3.24. The summed E-state index contributed by atoms with van der Waals surface area (Å²) in [5, 5.41) is 0. The van der Waals surface area contributed by atoms with Gasteiger partial charge in [0.05, 0.1) is 0 Å². The minimum Gasteiger partial charge on any atom is -0.340 e. The molecule has 3 amide bonds. The lowest BCUT2D eigenvalue weighted by Crippen LogP contribution is -2.44. The molecule has 0 aromatic heterocycles. The van der Waals surface area contributed by atoms with Gasteiger partial charge in [-0.3, -0.25) is 24.2 Å². The van der Waals surface area contributed by atoms with E-state index < -0.39 is 0 Å². The molecule has 1 atom stereocenters. The summed E-state index contributed by atoms with van der Waals surface area (Å²) in [5.41, 5.74) is 2.81. The van der Waals surface area contributed by atoms with Gasteiger partial charge in [0.2, 0.25) is 17.7 Å². The summed E-state index contributed by atoms with van der Waals surface area (Å²) in [6.45, 7) is 3.26. The van der Waals surface area contributed by atoms with Crippen molar-refractivity contribution in [3.63, 3.8) is 0 Å². The lowest BCUT2D eigenvalue weighted by Gasteiger charge is -2.33. The molecule has 2 fully saturated rings. The second-order valence-electron chi connectivity index (χ2n) is 7.15. The summed E-state index contributed by atoms with van der Waals surface area (Å²) in [6, 6.07) is 8.91. The molecule has 3 aliphatic heterocycles. The van der Waals surface area contributed by atoms with Gasteiger partial charge in [0.25, 0.3) is 0 Å². The largest absolute Gasteiger partial charge is 0.340 e. The monoisotopic (exact) mass is 341 g/mol. The van der Waals surface area contributed by atoms with Gasteiger partial charge in [-0.1, -0.05) is 24.3 Å². The molecule has 2 saturated heterocycles. The van der Waals surface area contributed by atoms with Crippen molar-refractivity contribution in [3.05, 3.63) is 35.4 Å². The Balaban J connectivity index is 1.35. The van der Waals surface area contributed by atoms with Crippen molar-refractivity contribution < 1.29 is 14.4 Å².